The van der Waals surface area contributed by atoms with Crippen LogP contribution >= 0.6 is 0 Å². The number of hydrogen-bond donors (Lipinski definition) is 1. The maximum absolute atomic E-state index is 11.2. The zero-order valence-corrected chi connectivity index (χ0v) is 8.75. The van der Waals surface area contributed by atoms with Gasteiger partial charge in [-0.25, -0.2) is 0 Å². The van der Waals surface area contributed by atoms with E-state index in [-0.39, 0.29) is 5.56 Å². The zero-order valence-electron chi connectivity index (χ0n) is 8.75. The molecule has 0 aliphatic rings. The number of aromatic amines is 1. The topological polar surface area (TPSA) is 45.8 Å². The van der Waals surface area contributed by atoms with Crippen LogP contribution in [0.25, 0.3) is 0 Å². The lowest BCUT2D eigenvalue weighted by atomic mass is 10.1. The average molecular weight is 194 g/mol. The molecule has 1 aromatic rings. The van der Waals surface area contributed by atoms with Crippen LogP contribution in [0.2, 0.25) is 0 Å². The van der Waals surface area contributed by atoms with E-state index in [1.807, 2.05) is 0 Å². The lowest BCUT2D eigenvalue weighted by molar-refractivity contribution is 0.626. The van der Waals surface area contributed by atoms with Gasteiger partial charge in [0, 0.05) is 12.4 Å². The summed E-state index contributed by atoms with van der Waals surface area (Å²) in [7, 11) is 0. The van der Waals surface area contributed by atoms with Gasteiger partial charge in [0.2, 0.25) is 0 Å². The molecule has 1 N–H and O–H groups in total. The summed E-state index contributed by atoms with van der Waals surface area (Å²) in [4.78, 5) is 17.9. The third-order valence-electron chi connectivity index (χ3n) is 2.30. The van der Waals surface area contributed by atoms with E-state index in [0.717, 1.165) is 12.8 Å². The Kier molecular flexibility index (Phi) is 4.97. The van der Waals surface area contributed by atoms with E-state index in [0.29, 0.717) is 5.69 Å². The third kappa shape index (κ3) is 3.73. The Morgan fingerprint density at radius 1 is 1.29 bits per heavy atom. The average Bonchev–Trinajstić information content (AvgIpc) is 2.20. The number of nitrogens with one attached hydrogen (secondary N) is 1. The van der Waals surface area contributed by atoms with Gasteiger partial charge < -0.3 is 4.98 Å². The molecule has 0 saturated carbocycles. The Morgan fingerprint density at radius 2 is 2.07 bits per heavy atom. The molecular formula is C11H18N2O. The van der Waals surface area contributed by atoms with Crippen molar-refractivity contribution < 1.29 is 0 Å². The normalized spacial score (nSPS) is 10.4. The Balaban J connectivity index is 2.25. The fraction of sp³-hybridized carbons (Fsp3) is 0.636. The van der Waals surface area contributed by atoms with Gasteiger partial charge >= 0.3 is 0 Å². The van der Waals surface area contributed by atoms with Crippen LogP contribution < -0.4 is 5.56 Å². The van der Waals surface area contributed by atoms with Crippen molar-refractivity contribution in [3.63, 3.8) is 0 Å². The molecule has 0 spiro atoms. The maximum atomic E-state index is 11.2. The number of unbranched alkanes of at least 4 members (excludes halogenated alkanes) is 4. The maximum Gasteiger partial charge on any atom is 0.269 e. The van der Waals surface area contributed by atoms with Crippen LogP contribution in [0.5, 0.6) is 0 Å². The second kappa shape index (κ2) is 6.35. The fourth-order valence-corrected chi connectivity index (χ4v) is 1.46. The molecule has 0 atom stereocenters. The second-order valence-corrected chi connectivity index (χ2v) is 3.53. The molecule has 1 rings (SSSR count). The summed E-state index contributed by atoms with van der Waals surface area (Å²) in [5, 5.41) is 0. The highest BCUT2D eigenvalue weighted by Gasteiger charge is 1.98. The van der Waals surface area contributed by atoms with Gasteiger partial charge in [0.15, 0.2) is 0 Å². The van der Waals surface area contributed by atoms with Crippen molar-refractivity contribution in [2.24, 2.45) is 0 Å². The zero-order chi connectivity index (χ0) is 10.2. The van der Waals surface area contributed by atoms with Gasteiger partial charge in [-0.2, -0.15) is 0 Å². The van der Waals surface area contributed by atoms with E-state index >= 15 is 0 Å². The minimum Gasteiger partial charge on any atom is -0.326 e. The molecule has 14 heavy (non-hydrogen) atoms. The summed E-state index contributed by atoms with van der Waals surface area (Å²) in [6, 6.07) is 0. The number of hydrogen-bond acceptors (Lipinski definition) is 2. The van der Waals surface area contributed by atoms with Gasteiger partial charge in [0.1, 0.15) is 5.69 Å². The minimum absolute atomic E-state index is 0.0389. The summed E-state index contributed by atoms with van der Waals surface area (Å²) < 4.78 is 0. The molecule has 0 saturated heterocycles. The van der Waals surface area contributed by atoms with E-state index < -0.39 is 0 Å². The van der Waals surface area contributed by atoms with Crippen LogP contribution in [0.15, 0.2) is 17.2 Å². The molecule has 1 heterocycles. The Morgan fingerprint density at radius 3 is 2.79 bits per heavy atom. The number of rotatable bonds is 6. The highest BCUT2D eigenvalue weighted by atomic mass is 16.1. The molecule has 3 nitrogen and oxygen atoms in total. The number of nitrogens with zero attached hydrogens (tertiary/aromatic N) is 1. The minimum atomic E-state index is -0.0389. The van der Waals surface area contributed by atoms with Crippen LogP contribution in [0.3, 0.4) is 0 Å². The van der Waals surface area contributed by atoms with Crippen molar-refractivity contribution in [1.82, 2.24) is 9.97 Å². The van der Waals surface area contributed by atoms with Crippen molar-refractivity contribution in [2.45, 2.75) is 45.4 Å². The predicted octanol–water partition coefficient (Wildman–Crippen LogP) is 2.28. The van der Waals surface area contributed by atoms with E-state index in [4.69, 9.17) is 0 Å². The molecule has 0 bridgehead atoms. The molecule has 0 aromatic carbocycles. The second-order valence-electron chi connectivity index (χ2n) is 3.53. The molecule has 0 unspecified atom stereocenters. The Hall–Kier alpha value is -1.12. The van der Waals surface area contributed by atoms with Crippen molar-refractivity contribution in [2.75, 3.05) is 0 Å². The quantitative estimate of drug-likeness (QED) is 0.706. The Labute approximate surface area is 84.6 Å². The third-order valence-corrected chi connectivity index (χ3v) is 2.30. The smallest absolute Gasteiger partial charge is 0.269 e. The molecular weight excluding hydrogens is 176 g/mol. The van der Waals surface area contributed by atoms with Gasteiger partial charge in [0.25, 0.3) is 5.56 Å². The first kappa shape index (κ1) is 11.0. The molecule has 3 heteroatoms. The molecule has 0 aliphatic heterocycles. The van der Waals surface area contributed by atoms with Crippen molar-refractivity contribution in [3.8, 4) is 0 Å². The first-order valence-corrected chi connectivity index (χ1v) is 5.37. The summed E-state index contributed by atoms with van der Waals surface area (Å²) in [5.41, 5.74) is 0.631. The fourth-order valence-electron chi connectivity index (χ4n) is 1.46. The molecule has 0 aliphatic carbocycles. The van der Waals surface area contributed by atoms with Gasteiger partial charge in [-0.1, -0.05) is 32.6 Å². The van der Waals surface area contributed by atoms with Gasteiger partial charge in [-0.15, -0.1) is 0 Å². The van der Waals surface area contributed by atoms with Crippen LogP contribution in [-0.4, -0.2) is 9.97 Å². The van der Waals surface area contributed by atoms with Crippen LogP contribution in [0, 0.1) is 0 Å². The highest BCUT2D eigenvalue weighted by molar-refractivity contribution is 4.95. The summed E-state index contributed by atoms with van der Waals surface area (Å²) in [5.74, 6) is 0. The van der Waals surface area contributed by atoms with Gasteiger partial charge in [-0.05, 0) is 12.8 Å². The first-order valence-electron chi connectivity index (χ1n) is 5.37. The van der Waals surface area contributed by atoms with E-state index in [1.165, 1.54) is 25.7 Å². The van der Waals surface area contributed by atoms with Gasteiger partial charge in [-0.3, -0.25) is 9.78 Å². The number of aromatic nitrogens is 2. The van der Waals surface area contributed by atoms with E-state index in [9.17, 15) is 4.79 Å². The summed E-state index contributed by atoms with van der Waals surface area (Å²) in [6.45, 7) is 2.20. The monoisotopic (exact) mass is 194 g/mol. The largest absolute Gasteiger partial charge is 0.326 e. The molecule has 1 aromatic heterocycles. The molecule has 78 valence electrons. The molecule has 0 amide bonds. The molecule has 0 radical (unpaired) electrons. The van der Waals surface area contributed by atoms with E-state index in [2.05, 4.69) is 16.9 Å². The van der Waals surface area contributed by atoms with Crippen molar-refractivity contribution in [1.29, 1.82) is 0 Å². The lowest BCUT2D eigenvalue weighted by Gasteiger charge is -1.99. The highest BCUT2D eigenvalue weighted by Crippen LogP contribution is 2.04. The van der Waals surface area contributed by atoms with Crippen LogP contribution in [-0.2, 0) is 6.42 Å². The molecule has 0 fully saturated rings. The van der Waals surface area contributed by atoms with Crippen LogP contribution in [0.1, 0.15) is 44.7 Å². The first-order chi connectivity index (χ1) is 6.84. The lowest BCUT2D eigenvalue weighted by Crippen LogP contribution is -2.13. The van der Waals surface area contributed by atoms with Crippen molar-refractivity contribution in [3.05, 3.63) is 28.4 Å². The van der Waals surface area contributed by atoms with E-state index in [1.54, 1.807) is 12.4 Å². The number of H-pyrrole nitrogens is 1. The van der Waals surface area contributed by atoms with Crippen molar-refractivity contribution >= 4 is 0 Å². The standard InChI is InChI=1S/C11H18N2O/c1-2-3-4-5-6-7-10-11(14)13-9-8-12-10/h8-9H,2-7H2,1H3,(H,13,14). The van der Waals surface area contributed by atoms with Gasteiger partial charge in [0.05, 0.1) is 0 Å². The summed E-state index contributed by atoms with van der Waals surface area (Å²) in [6.07, 6.45) is 10.1. The Bertz CT molecular complexity index is 306. The SMILES string of the molecule is CCCCCCCc1ncc[nH]c1=O. The predicted molar refractivity (Wildman–Crippen MR) is 57.3 cm³/mol. The van der Waals surface area contributed by atoms with Crippen LogP contribution in [0.4, 0.5) is 0 Å². The number of aryl methyl sites for hydroxylation is 1. The summed E-state index contributed by atoms with van der Waals surface area (Å²) >= 11 is 0.